The predicted molar refractivity (Wildman–Crippen MR) is 128 cm³/mol. The number of benzene rings is 3. The van der Waals surface area contributed by atoms with E-state index in [2.05, 4.69) is 5.32 Å². The van der Waals surface area contributed by atoms with Crippen LogP contribution in [0.4, 0.5) is 0 Å². The normalized spacial score (nSPS) is 10.4. The molecule has 0 aliphatic carbocycles. The third kappa shape index (κ3) is 7.17. The summed E-state index contributed by atoms with van der Waals surface area (Å²) in [6, 6.07) is 21.5. The Hall–Kier alpha value is -3.67. The van der Waals surface area contributed by atoms with E-state index in [-0.39, 0.29) is 5.91 Å². The second kappa shape index (κ2) is 12.4. The van der Waals surface area contributed by atoms with Crippen molar-refractivity contribution in [2.75, 3.05) is 27.9 Å². The first-order valence-corrected chi connectivity index (χ1v) is 10.9. The van der Waals surface area contributed by atoms with Gasteiger partial charge in [-0.2, -0.15) is 0 Å². The van der Waals surface area contributed by atoms with Crippen LogP contribution in [0, 0.1) is 0 Å². The summed E-state index contributed by atoms with van der Waals surface area (Å²) >= 11 is 0. The monoisotopic (exact) mass is 449 g/mol. The maximum Gasteiger partial charge on any atom is 0.220 e. The maximum atomic E-state index is 12.3. The standard InChI is InChI=1S/C27H31NO5/c1-30-23-12-10-22(25(18-23)32-3)11-14-27(29)28-16-15-20-9-13-24(31-2)26(17-20)33-19-21-7-5-4-6-8-21/h4-10,12-13,17-18H,11,14-16,19H2,1-3H3,(H,28,29). The molecule has 3 rings (SSSR count). The lowest BCUT2D eigenvalue weighted by Crippen LogP contribution is -2.25. The van der Waals surface area contributed by atoms with Crippen LogP contribution in [0.1, 0.15) is 23.1 Å². The summed E-state index contributed by atoms with van der Waals surface area (Å²) in [6.45, 7) is 1.01. The topological polar surface area (TPSA) is 66.0 Å². The highest BCUT2D eigenvalue weighted by atomic mass is 16.5. The maximum absolute atomic E-state index is 12.3. The zero-order valence-corrected chi connectivity index (χ0v) is 19.4. The lowest BCUT2D eigenvalue weighted by Gasteiger charge is -2.13. The molecule has 0 aliphatic rings. The van der Waals surface area contributed by atoms with Gasteiger partial charge in [-0.15, -0.1) is 0 Å². The van der Waals surface area contributed by atoms with Crippen molar-refractivity contribution in [3.8, 4) is 23.0 Å². The van der Waals surface area contributed by atoms with E-state index >= 15 is 0 Å². The van der Waals surface area contributed by atoms with Gasteiger partial charge in [0, 0.05) is 19.0 Å². The molecule has 6 heteroatoms. The number of hydrogen-bond donors (Lipinski definition) is 1. The average Bonchev–Trinajstić information content (AvgIpc) is 2.86. The summed E-state index contributed by atoms with van der Waals surface area (Å²) in [6.07, 6.45) is 1.68. The van der Waals surface area contributed by atoms with Gasteiger partial charge in [-0.25, -0.2) is 0 Å². The van der Waals surface area contributed by atoms with Gasteiger partial charge in [-0.3, -0.25) is 4.79 Å². The first-order chi connectivity index (χ1) is 16.1. The number of carbonyl (C=O) groups is 1. The Balaban J connectivity index is 1.49. The molecule has 0 aliphatic heterocycles. The number of amides is 1. The Labute approximate surface area is 195 Å². The molecule has 0 fully saturated rings. The highest BCUT2D eigenvalue weighted by Gasteiger charge is 2.10. The van der Waals surface area contributed by atoms with Crippen molar-refractivity contribution in [2.45, 2.75) is 25.9 Å². The SMILES string of the molecule is COc1ccc(CCC(=O)NCCc2ccc(OC)c(OCc3ccccc3)c2)c(OC)c1. The molecular formula is C27H31NO5. The van der Waals surface area contributed by atoms with Crippen molar-refractivity contribution in [1.82, 2.24) is 5.32 Å². The number of ether oxygens (including phenoxy) is 4. The van der Waals surface area contributed by atoms with Gasteiger partial charge in [0.2, 0.25) is 5.91 Å². The molecule has 6 nitrogen and oxygen atoms in total. The van der Waals surface area contributed by atoms with Crippen LogP contribution in [-0.2, 0) is 24.2 Å². The zero-order valence-electron chi connectivity index (χ0n) is 19.4. The molecule has 0 atom stereocenters. The van der Waals surface area contributed by atoms with E-state index in [0.29, 0.717) is 43.9 Å². The minimum Gasteiger partial charge on any atom is -0.497 e. The van der Waals surface area contributed by atoms with E-state index in [4.69, 9.17) is 18.9 Å². The molecule has 1 N–H and O–H groups in total. The number of carbonyl (C=O) groups excluding carboxylic acids is 1. The molecule has 0 saturated carbocycles. The van der Waals surface area contributed by atoms with Crippen LogP contribution in [0.25, 0.3) is 0 Å². The van der Waals surface area contributed by atoms with Gasteiger partial charge in [-0.05, 0) is 47.7 Å². The van der Waals surface area contributed by atoms with E-state index in [9.17, 15) is 4.79 Å². The molecule has 3 aromatic rings. The second-order valence-corrected chi connectivity index (χ2v) is 7.54. The van der Waals surface area contributed by atoms with Crippen LogP contribution < -0.4 is 24.3 Å². The fraction of sp³-hybridized carbons (Fsp3) is 0.296. The molecule has 174 valence electrons. The van der Waals surface area contributed by atoms with E-state index in [0.717, 1.165) is 28.2 Å². The molecule has 1 amide bonds. The Morgan fingerprint density at radius 1 is 0.758 bits per heavy atom. The highest BCUT2D eigenvalue weighted by Crippen LogP contribution is 2.29. The third-order valence-corrected chi connectivity index (χ3v) is 5.32. The van der Waals surface area contributed by atoms with Crippen molar-refractivity contribution in [3.05, 3.63) is 83.4 Å². The van der Waals surface area contributed by atoms with Gasteiger partial charge >= 0.3 is 0 Å². The smallest absolute Gasteiger partial charge is 0.220 e. The molecule has 0 unspecified atom stereocenters. The molecule has 0 saturated heterocycles. The molecular weight excluding hydrogens is 418 g/mol. The molecule has 0 heterocycles. The number of rotatable bonds is 12. The van der Waals surface area contributed by atoms with E-state index < -0.39 is 0 Å². The van der Waals surface area contributed by atoms with Gasteiger partial charge in [0.15, 0.2) is 11.5 Å². The van der Waals surface area contributed by atoms with Crippen LogP contribution >= 0.6 is 0 Å². The van der Waals surface area contributed by atoms with E-state index in [1.54, 1.807) is 21.3 Å². The van der Waals surface area contributed by atoms with Crippen molar-refractivity contribution in [2.24, 2.45) is 0 Å². The van der Waals surface area contributed by atoms with Crippen molar-refractivity contribution in [3.63, 3.8) is 0 Å². The minimum absolute atomic E-state index is 0.00179. The summed E-state index contributed by atoms with van der Waals surface area (Å²) in [5, 5.41) is 2.99. The Morgan fingerprint density at radius 2 is 1.55 bits per heavy atom. The Morgan fingerprint density at radius 3 is 2.27 bits per heavy atom. The predicted octanol–water partition coefficient (Wildman–Crippen LogP) is 4.58. The van der Waals surface area contributed by atoms with E-state index in [1.165, 1.54) is 0 Å². The average molecular weight is 450 g/mol. The lowest BCUT2D eigenvalue weighted by molar-refractivity contribution is -0.121. The Bertz CT molecular complexity index is 1040. The summed E-state index contributed by atoms with van der Waals surface area (Å²) in [5.74, 6) is 2.83. The van der Waals surface area contributed by atoms with Gasteiger partial charge in [0.1, 0.15) is 18.1 Å². The molecule has 0 radical (unpaired) electrons. The minimum atomic E-state index is 0.00179. The van der Waals surface area contributed by atoms with Gasteiger partial charge in [-0.1, -0.05) is 42.5 Å². The molecule has 3 aromatic carbocycles. The third-order valence-electron chi connectivity index (χ3n) is 5.32. The highest BCUT2D eigenvalue weighted by molar-refractivity contribution is 5.76. The molecule has 0 aromatic heterocycles. The summed E-state index contributed by atoms with van der Waals surface area (Å²) < 4.78 is 22.0. The number of methoxy groups -OCH3 is 3. The number of hydrogen-bond acceptors (Lipinski definition) is 5. The lowest BCUT2D eigenvalue weighted by atomic mass is 10.1. The van der Waals surface area contributed by atoms with Crippen LogP contribution in [0.5, 0.6) is 23.0 Å². The van der Waals surface area contributed by atoms with Crippen molar-refractivity contribution < 1.29 is 23.7 Å². The summed E-state index contributed by atoms with van der Waals surface area (Å²) in [4.78, 5) is 12.3. The zero-order chi connectivity index (χ0) is 23.5. The first kappa shape index (κ1) is 24.0. The van der Waals surface area contributed by atoms with E-state index in [1.807, 2.05) is 66.7 Å². The van der Waals surface area contributed by atoms with Gasteiger partial charge in [0.25, 0.3) is 0 Å². The summed E-state index contributed by atoms with van der Waals surface area (Å²) in [5.41, 5.74) is 3.13. The number of nitrogens with one attached hydrogen (secondary N) is 1. The molecule has 0 bridgehead atoms. The fourth-order valence-electron chi connectivity index (χ4n) is 3.47. The van der Waals surface area contributed by atoms with Gasteiger partial charge in [0.05, 0.1) is 21.3 Å². The number of aryl methyl sites for hydroxylation is 1. The second-order valence-electron chi connectivity index (χ2n) is 7.54. The fourth-order valence-corrected chi connectivity index (χ4v) is 3.47. The molecule has 33 heavy (non-hydrogen) atoms. The van der Waals surface area contributed by atoms with Crippen LogP contribution in [0.15, 0.2) is 66.7 Å². The van der Waals surface area contributed by atoms with Crippen LogP contribution in [0.3, 0.4) is 0 Å². The largest absolute Gasteiger partial charge is 0.497 e. The Kier molecular flexibility index (Phi) is 9.00. The summed E-state index contributed by atoms with van der Waals surface area (Å²) in [7, 11) is 4.86. The van der Waals surface area contributed by atoms with Crippen LogP contribution in [0.2, 0.25) is 0 Å². The van der Waals surface area contributed by atoms with Crippen molar-refractivity contribution >= 4 is 5.91 Å². The molecule has 0 spiro atoms. The quantitative estimate of drug-likeness (QED) is 0.438. The first-order valence-electron chi connectivity index (χ1n) is 10.9. The van der Waals surface area contributed by atoms with Crippen LogP contribution in [-0.4, -0.2) is 33.8 Å². The van der Waals surface area contributed by atoms with Crippen molar-refractivity contribution in [1.29, 1.82) is 0 Å². The van der Waals surface area contributed by atoms with Gasteiger partial charge < -0.3 is 24.3 Å².